The van der Waals surface area contributed by atoms with Gasteiger partial charge in [-0.05, 0) is 86.7 Å². The first kappa shape index (κ1) is 53.3. The van der Waals surface area contributed by atoms with Gasteiger partial charge in [-0.15, -0.1) is 4.91 Å². The Kier molecular flexibility index (Phi) is 24.0. The van der Waals surface area contributed by atoms with Crippen LogP contribution in [0.1, 0.15) is 44.2 Å². The van der Waals surface area contributed by atoms with Gasteiger partial charge in [0.1, 0.15) is 0 Å². The molecule has 3 aromatic rings. The molecule has 0 saturated heterocycles. The van der Waals surface area contributed by atoms with E-state index in [1.807, 2.05) is 0 Å². The number of rotatable bonds is 10. The number of carbonyl (C=O) groups excluding carboxylic acids is 3. The molecule has 2 unspecified atom stereocenters. The standard InChI is InChI=1S/C12H12F2O3.C11H10F2O3.C6H3BrF2O.C5H8O2.C2H5N5O3/c1-2-17-12(16)8-5-7(8)6-3-9(13)11(15)10(14)4-6;1-2-16-10(14)4-3-7-5-8(12)11(15)9(13)6-7;7-3-1-4(8)6(10)5(9)2-3;1-3-5(6)7-4-2;1-6(5-8)2(3)4-7(9)10/h3-4,7-8,15H,2,5H2,1H3;3-6,15H,2H2,1H3;1-2,10H;3H,1,4H2,2H3;1H3,(H2,3,4)/b;4-3+;;;. The maximum atomic E-state index is 13.1. The Bertz CT molecular complexity index is 1960. The molecule has 3 aromatic carbocycles. The minimum Gasteiger partial charge on any atom is -0.503 e. The number of halogens is 7. The lowest BCUT2D eigenvalue weighted by atomic mass is 10.1. The molecule has 0 bridgehead atoms. The van der Waals surface area contributed by atoms with Crippen LogP contribution >= 0.6 is 15.9 Å². The summed E-state index contributed by atoms with van der Waals surface area (Å²) in [5, 5.41) is 44.4. The number of nitro groups is 1. The van der Waals surface area contributed by atoms with E-state index in [1.54, 1.807) is 20.8 Å². The molecule has 0 amide bonds. The Morgan fingerprint density at radius 1 is 0.867 bits per heavy atom. The largest absolute Gasteiger partial charge is 0.503 e. The molecular formula is C36H38BrF6N5O12. The van der Waals surface area contributed by atoms with Gasteiger partial charge in [-0.1, -0.05) is 27.9 Å². The minimum absolute atomic E-state index is 0.126. The van der Waals surface area contributed by atoms with Crippen LogP contribution in [-0.2, 0) is 28.6 Å². The second-order valence-electron chi connectivity index (χ2n) is 10.9. The number of hydrazine groups is 1. The molecule has 2 atom stereocenters. The lowest BCUT2D eigenvalue weighted by molar-refractivity contribution is -0.526. The first-order valence-corrected chi connectivity index (χ1v) is 17.4. The van der Waals surface area contributed by atoms with Crippen molar-refractivity contribution in [3.05, 3.63) is 121 Å². The van der Waals surface area contributed by atoms with Crippen molar-refractivity contribution in [2.75, 3.05) is 26.9 Å². The third kappa shape index (κ3) is 19.6. The molecule has 0 heterocycles. The lowest BCUT2D eigenvalue weighted by Crippen LogP contribution is -2.38. The summed E-state index contributed by atoms with van der Waals surface area (Å²) in [5.41, 5.74) is 1.94. The number of hydrogen-bond donors (Lipinski definition) is 5. The molecule has 5 N–H and O–H groups in total. The first-order valence-electron chi connectivity index (χ1n) is 16.6. The summed E-state index contributed by atoms with van der Waals surface area (Å²) in [6.45, 7) is 9.24. The molecular weight excluding hydrogens is 888 g/mol. The molecule has 0 spiro atoms. The zero-order valence-corrected chi connectivity index (χ0v) is 33.5. The van der Waals surface area contributed by atoms with Crippen molar-refractivity contribution in [2.45, 2.75) is 33.1 Å². The van der Waals surface area contributed by atoms with Gasteiger partial charge in [-0.2, -0.15) is 5.01 Å². The van der Waals surface area contributed by atoms with Gasteiger partial charge in [-0.25, -0.2) is 46.0 Å². The van der Waals surface area contributed by atoms with Crippen molar-refractivity contribution in [3.8, 4) is 17.2 Å². The predicted molar refractivity (Wildman–Crippen MR) is 203 cm³/mol. The number of esters is 3. The van der Waals surface area contributed by atoms with Gasteiger partial charge in [0.25, 0.3) is 5.96 Å². The Balaban J connectivity index is 0.000000753. The summed E-state index contributed by atoms with van der Waals surface area (Å²) in [6.07, 6.45) is 3.92. The van der Waals surface area contributed by atoms with Crippen LogP contribution < -0.4 is 5.43 Å². The SMILES string of the molecule is C=CC(=O)OCC.CCOC(=O)/C=C/c1cc(F)c(O)c(F)c1.CCOC(=O)C1CC1c1cc(F)c(O)c(F)c1.CN(N=O)C(=N)N[N+](=O)[O-].Oc1c(F)cc(Br)cc1F. The molecule has 17 nitrogen and oxygen atoms in total. The molecule has 1 fully saturated rings. The van der Waals surface area contributed by atoms with E-state index in [4.69, 9.17) is 25.5 Å². The molecule has 24 heteroatoms. The van der Waals surface area contributed by atoms with Gasteiger partial charge in [0.05, 0.1) is 31.0 Å². The van der Waals surface area contributed by atoms with Crippen LogP contribution in [-0.4, -0.2) is 76.1 Å². The fourth-order valence-corrected chi connectivity index (χ4v) is 4.25. The van der Waals surface area contributed by atoms with Crippen LogP contribution in [0, 0.1) is 61.3 Å². The Morgan fingerprint density at radius 2 is 1.28 bits per heavy atom. The second-order valence-corrected chi connectivity index (χ2v) is 11.9. The number of aromatic hydroxyl groups is 3. The Hall–Kier alpha value is -6.72. The van der Waals surface area contributed by atoms with Gasteiger partial charge in [0, 0.05) is 23.7 Å². The second kappa shape index (κ2) is 27.1. The number of phenols is 3. The molecule has 328 valence electrons. The number of carbonyl (C=O) groups is 3. The third-order valence-corrected chi connectivity index (χ3v) is 7.12. The monoisotopic (exact) mass is 925 g/mol. The van der Waals surface area contributed by atoms with E-state index in [2.05, 4.69) is 37.3 Å². The minimum atomic E-state index is -1.08. The van der Waals surface area contributed by atoms with E-state index in [-0.39, 0.29) is 40.4 Å². The summed E-state index contributed by atoms with van der Waals surface area (Å²) in [6, 6.07) is 5.91. The average Bonchev–Trinajstić information content (AvgIpc) is 3.99. The van der Waals surface area contributed by atoms with Crippen LogP contribution in [0.15, 0.2) is 64.9 Å². The molecule has 0 aliphatic heterocycles. The lowest BCUT2D eigenvalue weighted by Gasteiger charge is -2.04. The van der Waals surface area contributed by atoms with E-state index in [0.29, 0.717) is 30.2 Å². The van der Waals surface area contributed by atoms with Crippen molar-refractivity contribution in [2.24, 2.45) is 11.2 Å². The quantitative estimate of drug-likeness (QED) is 0.0157. The fraction of sp³-hybridized carbons (Fsp3) is 0.278. The summed E-state index contributed by atoms with van der Waals surface area (Å²) < 4.78 is 90.7. The van der Waals surface area contributed by atoms with Crippen molar-refractivity contribution in [1.29, 1.82) is 5.41 Å². The topological polar surface area (TPSA) is 251 Å². The molecule has 1 aliphatic rings. The average molecular weight is 927 g/mol. The van der Waals surface area contributed by atoms with Crippen molar-refractivity contribution in [1.82, 2.24) is 10.4 Å². The predicted octanol–water partition coefficient (Wildman–Crippen LogP) is 7.07. The summed E-state index contributed by atoms with van der Waals surface area (Å²) >= 11 is 2.86. The number of nitroso groups, excluding NO2 is 1. The van der Waals surface area contributed by atoms with Crippen LogP contribution in [0.25, 0.3) is 6.08 Å². The molecule has 1 aliphatic carbocycles. The number of benzene rings is 3. The maximum Gasteiger partial charge on any atom is 0.330 e. The first-order chi connectivity index (χ1) is 28.1. The van der Waals surface area contributed by atoms with E-state index >= 15 is 0 Å². The Labute approximate surface area is 345 Å². The van der Waals surface area contributed by atoms with E-state index < -0.39 is 69.1 Å². The molecule has 60 heavy (non-hydrogen) atoms. The zero-order valence-electron chi connectivity index (χ0n) is 31.9. The van der Waals surface area contributed by atoms with Crippen molar-refractivity contribution >= 4 is 45.9 Å². The van der Waals surface area contributed by atoms with Crippen LogP contribution in [0.4, 0.5) is 26.3 Å². The highest BCUT2D eigenvalue weighted by atomic mass is 79.9. The number of nitrogens with one attached hydrogen (secondary N) is 2. The van der Waals surface area contributed by atoms with Crippen molar-refractivity contribution < 1.29 is 75.3 Å². The van der Waals surface area contributed by atoms with E-state index in [9.17, 15) is 55.7 Å². The Morgan fingerprint density at radius 3 is 1.67 bits per heavy atom. The molecule has 0 aromatic heterocycles. The summed E-state index contributed by atoms with van der Waals surface area (Å²) in [4.78, 5) is 51.6. The summed E-state index contributed by atoms with van der Waals surface area (Å²) in [7, 11) is 1.12. The molecule has 1 saturated carbocycles. The van der Waals surface area contributed by atoms with Crippen molar-refractivity contribution in [3.63, 3.8) is 0 Å². The van der Waals surface area contributed by atoms with E-state index in [1.165, 1.54) is 11.5 Å². The zero-order chi connectivity index (χ0) is 46.3. The van der Waals surface area contributed by atoms with Gasteiger partial charge in [0.15, 0.2) is 57.2 Å². The molecule has 0 radical (unpaired) electrons. The van der Waals surface area contributed by atoms with Crippen LogP contribution in [0.3, 0.4) is 0 Å². The number of nitrogens with zero attached hydrogens (tertiary/aromatic N) is 3. The van der Waals surface area contributed by atoms with Gasteiger partial charge >= 0.3 is 17.9 Å². The highest BCUT2D eigenvalue weighted by molar-refractivity contribution is 9.10. The maximum absolute atomic E-state index is 13.1. The highest BCUT2D eigenvalue weighted by Crippen LogP contribution is 2.49. The number of ether oxygens (including phenoxy) is 3. The fourth-order valence-electron chi connectivity index (χ4n) is 3.84. The highest BCUT2D eigenvalue weighted by Gasteiger charge is 2.45. The number of hydrogen-bond acceptors (Lipinski definition) is 14. The van der Waals surface area contributed by atoms with Crippen LogP contribution in [0.5, 0.6) is 17.2 Å². The smallest absolute Gasteiger partial charge is 0.330 e. The van der Waals surface area contributed by atoms with Gasteiger partial charge in [0.2, 0.25) is 0 Å². The number of guanidine groups is 1. The summed E-state index contributed by atoms with van der Waals surface area (Å²) in [5.74, 6) is -11.6. The number of phenolic OH excluding ortho intramolecular Hbond substituents is 3. The molecule has 4 rings (SSSR count). The van der Waals surface area contributed by atoms with E-state index in [0.717, 1.165) is 55.6 Å². The normalized spacial score (nSPS) is 13.1. The van der Waals surface area contributed by atoms with Gasteiger partial charge in [-0.3, -0.25) is 10.2 Å². The van der Waals surface area contributed by atoms with Crippen LogP contribution in [0.2, 0.25) is 0 Å². The third-order valence-electron chi connectivity index (χ3n) is 6.66. The van der Waals surface area contributed by atoms with Gasteiger partial charge < -0.3 is 29.5 Å².